The van der Waals surface area contributed by atoms with Gasteiger partial charge >= 0.3 is 0 Å². The van der Waals surface area contributed by atoms with Crippen LogP contribution in [0, 0.1) is 5.82 Å². The van der Waals surface area contributed by atoms with Gasteiger partial charge in [-0.25, -0.2) is 4.39 Å². The fraction of sp³-hybridized carbons (Fsp3) is 0.647. The maximum Gasteiger partial charge on any atom is 0.123 e. The predicted octanol–water partition coefficient (Wildman–Crippen LogP) is 3.27. The quantitative estimate of drug-likeness (QED) is 0.846. The molecule has 0 heterocycles. The molecule has 0 aromatic heterocycles. The zero-order chi connectivity index (χ0) is 14.9. The molecule has 1 saturated carbocycles. The van der Waals surface area contributed by atoms with Crippen LogP contribution in [-0.4, -0.2) is 30.4 Å². The summed E-state index contributed by atoms with van der Waals surface area (Å²) in [4.78, 5) is 0. The fourth-order valence-corrected chi connectivity index (χ4v) is 2.75. The van der Waals surface area contributed by atoms with Gasteiger partial charge in [0, 0.05) is 12.6 Å². The first-order valence-corrected chi connectivity index (χ1v) is 8.04. The van der Waals surface area contributed by atoms with Crippen LogP contribution in [0.4, 0.5) is 4.39 Å². The van der Waals surface area contributed by atoms with Gasteiger partial charge in [0.1, 0.15) is 24.3 Å². The molecule has 2 rings (SSSR count). The number of aliphatic hydroxyl groups is 1. The largest absolute Gasteiger partial charge is 0.491 e. The number of hydrogen-bond donors (Lipinski definition) is 2. The van der Waals surface area contributed by atoms with Gasteiger partial charge in [0.25, 0.3) is 0 Å². The lowest BCUT2D eigenvalue weighted by Crippen LogP contribution is -2.38. The maximum absolute atomic E-state index is 12.8. The minimum Gasteiger partial charge on any atom is -0.491 e. The molecule has 1 fully saturated rings. The Hall–Kier alpha value is -1.13. The smallest absolute Gasteiger partial charge is 0.123 e. The van der Waals surface area contributed by atoms with Gasteiger partial charge in [-0.2, -0.15) is 0 Å². The first-order valence-electron chi connectivity index (χ1n) is 8.04. The molecule has 1 aliphatic carbocycles. The summed E-state index contributed by atoms with van der Waals surface area (Å²) in [6.45, 7) is 0.775. The molecule has 1 aliphatic rings. The van der Waals surface area contributed by atoms with Crippen molar-refractivity contribution in [3.05, 3.63) is 30.1 Å². The van der Waals surface area contributed by atoms with Gasteiger partial charge in [0.05, 0.1) is 0 Å². The van der Waals surface area contributed by atoms with Gasteiger partial charge < -0.3 is 15.2 Å². The van der Waals surface area contributed by atoms with Crippen LogP contribution in [0.2, 0.25) is 0 Å². The lowest BCUT2D eigenvalue weighted by Gasteiger charge is -2.22. The van der Waals surface area contributed by atoms with E-state index in [9.17, 15) is 9.50 Å². The molecule has 4 heteroatoms. The van der Waals surface area contributed by atoms with Crippen LogP contribution in [0.5, 0.6) is 5.75 Å². The Kier molecular flexibility index (Phi) is 6.96. The molecule has 2 N–H and O–H groups in total. The second-order valence-electron chi connectivity index (χ2n) is 5.87. The van der Waals surface area contributed by atoms with E-state index >= 15 is 0 Å². The maximum atomic E-state index is 12.8. The van der Waals surface area contributed by atoms with Crippen LogP contribution in [-0.2, 0) is 0 Å². The van der Waals surface area contributed by atoms with Crippen LogP contribution in [0.25, 0.3) is 0 Å². The van der Waals surface area contributed by atoms with Crippen LogP contribution in [0.15, 0.2) is 24.3 Å². The van der Waals surface area contributed by atoms with E-state index in [-0.39, 0.29) is 12.4 Å². The number of aliphatic hydroxyl groups excluding tert-OH is 1. The molecule has 0 spiro atoms. The Labute approximate surface area is 126 Å². The summed E-state index contributed by atoms with van der Waals surface area (Å²) in [5.74, 6) is 0.301. The van der Waals surface area contributed by atoms with Gasteiger partial charge in [-0.3, -0.25) is 0 Å². The third-order valence-electron chi connectivity index (χ3n) is 4.00. The number of ether oxygens (including phenoxy) is 1. The Morgan fingerprint density at radius 2 is 1.71 bits per heavy atom. The van der Waals surface area contributed by atoms with Gasteiger partial charge in [-0.05, 0) is 37.1 Å². The van der Waals surface area contributed by atoms with Crippen LogP contribution in [0.3, 0.4) is 0 Å². The number of hydrogen-bond acceptors (Lipinski definition) is 3. The van der Waals surface area contributed by atoms with Gasteiger partial charge in [-0.1, -0.05) is 32.1 Å². The monoisotopic (exact) mass is 295 g/mol. The normalized spacial score (nSPS) is 18.8. The van der Waals surface area contributed by atoms with E-state index in [1.54, 1.807) is 12.1 Å². The standard InChI is InChI=1S/C17H26FNO2/c18-14-8-10-17(11-9-14)21-13-16(20)12-19-15-6-4-2-1-3-5-7-15/h8-11,15-16,19-20H,1-7,12-13H2. The topological polar surface area (TPSA) is 41.5 Å². The molecule has 118 valence electrons. The molecule has 1 unspecified atom stereocenters. The highest BCUT2D eigenvalue weighted by Gasteiger charge is 2.13. The number of benzene rings is 1. The van der Waals surface area contributed by atoms with E-state index in [0.717, 1.165) is 0 Å². The van der Waals surface area contributed by atoms with Crippen LogP contribution < -0.4 is 10.1 Å². The summed E-state index contributed by atoms with van der Waals surface area (Å²) in [5.41, 5.74) is 0. The number of nitrogens with one attached hydrogen (secondary N) is 1. The molecule has 0 radical (unpaired) electrons. The lowest BCUT2D eigenvalue weighted by atomic mass is 9.96. The molecule has 3 nitrogen and oxygen atoms in total. The minimum atomic E-state index is -0.541. The molecule has 0 aliphatic heterocycles. The summed E-state index contributed by atoms with van der Waals surface area (Å²) in [7, 11) is 0. The second-order valence-corrected chi connectivity index (χ2v) is 5.87. The van der Waals surface area contributed by atoms with Gasteiger partial charge in [0.15, 0.2) is 0 Å². The Morgan fingerprint density at radius 3 is 2.38 bits per heavy atom. The van der Waals surface area contributed by atoms with E-state index in [1.165, 1.54) is 57.1 Å². The summed E-state index contributed by atoms with van der Waals surface area (Å²) in [6.07, 6.45) is 8.43. The van der Waals surface area contributed by atoms with Crippen LogP contribution >= 0.6 is 0 Å². The van der Waals surface area contributed by atoms with Crippen molar-refractivity contribution in [1.82, 2.24) is 5.32 Å². The molecule has 1 aromatic carbocycles. The fourth-order valence-electron chi connectivity index (χ4n) is 2.75. The molecular weight excluding hydrogens is 269 g/mol. The average Bonchev–Trinajstić information content (AvgIpc) is 2.45. The summed E-state index contributed by atoms with van der Waals surface area (Å²) < 4.78 is 18.2. The van der Waals surface area contributed by atoms with E-state index < -0.39 is 6.10 Å². The van der Waals surface area contributed by atoms with Gasteiger partial charge in [0.2, 0.25) is 0 Å². The van der Waals surface area contributed by atoms with Crippen molar-refractivity contribution in [3.63, 3.8) is 0 Å². The number of halogens is 1. The van der Waals surface area contributed by atoms with Crippen molar-refractivity contribution in [2.75, 3.05) is 13.2 Å². The van der Waals surface area contributed by atoms with Crippen molar-refractivity contribution in [2.45, 2.75) is 57.1 Å². The summed E-state index contributed by atoms with van der Waals surface area (Å²) in [6, 6.07) is 6.38. The Morgan fingerprint density at radius 1 is 1.10 bits per heavy atom. The van der Waals surface area contributed by atoms with Crippen molar-refractivity contribution >= 4 is 0 Å². The van der Waals surface area contributed by atoms with E-state index in [2.05, 4.69) is 5.32 Å². The third kappa shape index (κ3) is 6.44. The third-order valence-corrected chi connectivity index (χ3v) is 4.00. The molecule has 0 bridgehead atoms. The number of rotatable bonds is 6. The highest BCUT2D eigenvalue weighted by atomic mass is 19.1. The SMILES string of the molecule is OC(CNC1CCCCCCC1)COc1ccc(F)cc1. The van der Waals surface area contributed by atoms with Crippen LogP contribution in [0.1, 0.15) is 44.9 Å². The molecule has 21 heavy (non-hydrogen) atoms. The highest BCUT2D eigenvalue weighted by molar-refractivity contribution is 5.22. The molecule has 1 atom stereocenters. The van der Waals surface area contributed by atoms with E-state index in [4.69, 9.17) is 4.74 Å². The first kappa shape index (κ1) is 16.2. The van der Waals surface area contributed by atoms with Crippen molar-refractivity contribution in [3.8, 4) is 5.75 Å². The zero-order valence-corrected chi connectivity index (χ0v) is 12.6. The first-order chi connectivity index (χ1) is 10.2. The summed E-state index contributed by atoms with van der Waals surface area (Å²) in [5, 5.41) is 13.4. The Bertz CT molecular complexity index is 388. The average molecular weight is 295 g/mol. The van der Waals surface area contributed by atoms with Crippen molar-refractivity contribution in [2.24, 2.45) is 0 Å². The van der Waals surface area contributed by atoms with E-state index in [1.807, 2.05) is 0 Å². The molecule has 0 amide bonds. The summed E-state index contributed by atoms with van der Waals surface area (Å²) >= 11 is 0. The molecular formula is C17H26FNO2. The Balaban J connectivity index is 1.64. The molecule has 1 aromatic rings. The van der Waals surface area contributed by atoms with Crippen molar-refractivity contribution in [1.29, 1.82) is 0 Å². The highest BCUT2D eigenvalue weighted by Crippen LogP contribution is 2.17. The lowest BCUT2D eigenvalue weighted by molar-refractivity contribution is 0.102. The van der Waals surface area contributed by atoms with Gasteiger partial charge in [-0.15, -0.1) is 0 Å². The second kappa shape index (κ2) is 9.00. The minimum absolute atomic E-state index is 0.228. The predicted molar refractivity (Wildman–Crippen MR) is 82.0 cm³/mol. The zero-order valence-electron chi connectivity index (χ0n) is 12.6. The van der Waals surface area contributed by atoms with E-state index in [0.29, 0.717) is 18.3 Å². The molecule has 0 saturated heterocycles. The van der Waals surface area contributed by atoms with Crippen molar-refractivity contribution < 1.29 is 14.2 Å².